The van der Waals surface area contributed by atoms with E-state index >= 15 is 0 Å². The van der Waals surface area contributed by atoms with Gasteiger partial charge in [0.2, 0.25) is 0 Å². The van der Waals surface area contributed by atoms with Gasteiger partial charge in [-0.1, -0.05) is 0 Å². The molecule has 1 atom stereocenters. The molecule has 0 heterocycles. The first-order valence-electron chi connectivity index (χ1n) is 6.79. The molecule has 0 fully saturated rings. The van der Waals surface area contributed by atoms with Gasteiger partial charge in [-0.25, -0.2) is 0 Å². The maximum atomic E-state index is 12.4. The summed E-state index contributed by atoms with van der Waals surface area (Å²) >= 11 is 0. The van der Waals surface area contributed by atoms with E-state index in [9.17, 15) is 9.59 Å². The molecule has 1 aliphatic carbocycles. The third kappa shape index (κ3) is 2.86. The lowest BCUT2D eigenvalue weighted by Gasteiger charge is -2.21. The van der Waals surface area contributed by atoms with E-state index in [-0.39, 0.29) is 12.2 Å². The molecule has 5 heteroatoms. The Balaban J connectivity index is 2.34. The van der Waals surface area contributed by atoms with Crippen LogP contribution in [0.4, 0.5) is 0 Å². The van der Waals surface area contributed by atoms with Crippen LogP contribution >= 0.6 is 0 Å². The number of benzene rings is 1. The highest BCUT2D eigenvalue weighted by Crippen LogP contribution is 2.40. The number of rotatable bonds is 3. The van der Waals surface area contributed by atoms with Crippen molar-refractivity contribution in [2.24, 2.45) is 5.92 Å². The Hall–Kier alpha value is -2.04. The average Bonchev–Trinajstić information content (AvgIpc) is 2.73. The second-order valence-corrected chi connectivity index (χ2v) is 5.98. The fourth-order valence-corrected chi connectivity index (χ4v) is 2.47. The van der Waals surface area contributed by atoms with E-state index in [0.717, 1.165) is 0 Å². The molecule has 114 valence electrons. The summed E-state index contributed by atoms with van der Waals surface area (Å²) in [6.07, 6.45) is 0.281. The number of fused-ring (bicyclic) bond motifs is 1. The second kappa shape index (κ2) is 5.39. The minimum absolute atomic E-state index is 0.222. The Morgan fingerprint density at radius 2 is 1.86 bits per heavy atom. The molecule has 0 saturated heterocycles. The Bertz CT molecular complexity index is 583. The van der Waals surface area contributed by atoms with Crippen molar-refractivity contribution in [2.75, 3.05) is 14.2 Å². The van der Waals surface area contributed by atoms with Crippen molar-refractivity contribution in [3.05, 3.63) is 23.3 Å². The number of Topliss-reactive ketones (excluding diaryl/α,β-unsaturated/α-hetero) is 1. The lowest BCUT2D eigenvalue weighted by molar-refractivity contribution is -0.157. The Morgan fingerprint density at radius 3 is 2.38 bits per heavy atom. The second-order valence-electron chi connectivity index (χ2n) is 5.98. The van der Waals surface area contributed by atoms with Crippen LogP contribution in [-0.4, -0.2) is 31.6 Å². The quantitative estimate of drug-likeness (QED) is 0.632. The van der Waals surface area contributed by atoms with Crippen LogP contribution in [0.3, 0.4) is 0 Å². The molecule has 2 rings (SSSR count). The van der Waals surface area contributed by atoms with Crippen LogP contribution in [0, 0.1) is 5.92 Å². The molecule has 1 aromatic carbocycles. The zero-order valence-electron chi connectivity index (χ0n) is 13.0. The molecule has 1 aromatic rings. The van der Waals surface area contributed by atoms with Gasteiger partial charge in [0.15, 0.2) is 17.3 Å². The third-order valence-corrected chi connectivity index (χ3v) is 3.33. The summed E-state index contributed by atoms with van der Waals surface area (Å²) in [6, 6.07) is 3.34. The first-order valence-corrected chi connectivity index (χ1v) is 6.79. The van der Waals surface area contributed by atoms with Gasteiger partial charge in [0.25, 0.3) is 0 Å². The third-order valence-electron chi connectivity index (χ3n) is 3.33. The highest BCUT2D eigenvalue weighted by molar-refractivity contribution is 6.13. The summed E-state index contributed by atoms with van der Waals surface area (Å²) < 4.78 is 15.9. The van der Waals surface area contributed by atoms with E-state index in [2.05, 4.69) is 0 Å². The van der Waals surface area contributed by atoms with Crippen molar-refractivity contribution in [3.8, 4) is 11.5 Å². The average molecular weight is 292 g/mol. The highest BCUT2D eigenvalue weighted by atomic mass is 16.6. The zero-order valence-corrected chi connectivity index (χ0v) is 13.0. The Morgan fingerprint density at radius 1 is 1.19 bits per heavy atom. The van der Waals surface area contributed by atoms with Gasteiger partial charge in [0.1, 0.15) is 11.5 Å². The Kier molecular flexibility index (Phi) is 3.94. The van der Waals surface area contributed by atoms with Crippen LogP contribution in [0.1, 0.15) is 36.7 Å². The number of methoxy groups -OCH3 is 2. The van der Waals surface area contributed by atoms with Crippen molar-refractivity contribution in [2.45, 2.75) is 32.8 Å². The molecular formula is C16H20O5. The topological polar surface area (TPSA) is 61.8 Å². The maximum absolute atomic E-state index is 12.4. The predicted molar refractivity (Wildman–Crippen MR) is 76.9 cm³/mol. The summed E-state index contributed by atoms with van der Waals surface area (Å²) in [6.45, 7) is 5.34. The summed E-state index contributed by atoms with van der Waals surface area (Å²) in [7, 11) is 3.05. The molecule has 0 radical (unpaired) electrons. The SMILES string of the molecule is COc1ccc2c(c1OC)CC(C(=O)OC(C)(C)C)C2=O. The van der Waals surface area contributed by atoms with E-state index < -0.39 is 17.5 Å². The standard InChI is InChI=1S/C16H20O5/c1-16(2,3)21-15(18)11-8-10-9(13(11)17)6-7-12(19-4)14(10)20-5/h6-7,11H,8H2,1-5H3. The molecule has 0 amide bonds. The van der Waals surface area contributed by atoms with Gasteiger partial charge in [-0.2, -0.15) is 0 Å². The molecule has 0 bridgehead atoms. The van der Waals surface area contributed by atoms with Crippen molar-refractivity contribution in [1.82, 2.24) is 0 Å². The number of carbonyl (C=O) groups is 2. The van der Waals surface area contributed by atoms with Gasteiger partial charge in [0, 0.05) is 11.1 Å². The van der Waals surface area contributed by atoms with Crippen LogP contribution in [0.2, 0.25) is 0 Å². The van der Waals surface area contributed by atoms with Gasteiger partial charge in [-0.15, -0.1) is 0 Å². The molecule has 0 aliphatic heterocycles. The normalized spacial score (nSPS) is 17.4. The van der Waals surface area contributed by atoms with E-state index in [1.54, 1.807) is 32.9 Å². The monoisotopic (exact) mass is 292 g/mol. The largest absolute Gasteiger partial charge is 0.493 e. The molecular weight excluding hydrogens is 272 g/mol. The minimum Gasteiger partial charge on any atom is -0.493 e. The van der Waals surface area contributed by atoms with E-state index in [1.165, 1.54) is 14.2 Å². The van der Waals surface area contributed by atoms with Crippen molar-refractivity contribution in [1.29, 1.82) is 0 Å². The number of hydrogen-bond acceptors (Lipinski definition) is 5. The fourth-order valence-electron chi connectivity index (χ4n) is 2.47. The molecule has 0 spiro atoms. The summed E-state index contributed by atoms with van der Waals surface area (Å²) in [5.74, 6) is -0.464. The first-order chi connectivity index (χ1) is 9.78. The molecule has 5 nitrogen and oxygen atoms in total. The molecule has 21 heavy (non-hydrogen) atoms. The first kappa shape index (κ1) is 15.4. The van der Waals surface area contributed by atoms with Gasteiger partial charge in [0.05, 0.1) is 14.2 Å². The van der Waals surface area contributed by atoms with E-state index in [0.29, 0.717) is 22.6 Å². The van der Waals surface area contributed by atoms with Crippen LogP contribution in [0.15, 0.2) is 12.1 Å². The number of ether oxygens (including phenoxy) is 3. The van der Waals surface area contributed by atoms with Crippen molar-refractivity contribution < 1.29 is 23.8 Å². The van der Waals surface area contributed by atoms with Crippen LogP contribution in [0.25, 0.3) is 0 Å². The molecule has 1 unspecified atom stereocenters. The van der Waals surface area contributed by atoms with Crippen LogP contribution in [0.5, 0.6) is 11.5 Å². The number of carbonyl (C=O) groups excluding carboxylic acids is 2. The van der Waals surface area contributed by atoms with Gasteiger partial charge < -0.3 is 14.2 Å². The van der Waals surface area contributed by atoms with Crippen LogP contribution in [-0.2, 0) is 16.0 Å². The van der Waals surface area contributed by atoms with Crippen molar-refractivity contribution >= 4 is 11.8 Å². The number of ketones is 1. The molecule has 0 N–H and O–H groups in total. The summed E-state index contributed by atoms with van der Waals surface area (Å²) in [4.78, 5) is 24.6. The lowest BCUT2D eigenvalue weighted by atomic mass is 10.1. The molecule has 0 saturated carbocycles. The van der Waals surface area contributed by atoms with Gasteiger partial charge in [-0.05, 0) is 39.3 Å². The number of hydrogen-bond donors (Lipinski definition) is 0. The zero-order chi connectivity index (χ0) is 15.8. The van der Waals surface area contributed by atoms with Gasteiger partial charge in [-0.3, -0.25) is 9.59 Å². The van der Waals surface area contributed by atoms with E-state index in [4.69, 9.17) is 14.2 Å². The Labute approximate surface area is 124 Å². The molecule has 0 aromatic heterocycles. The molecule has 1 aliphatic rings. The fraction of sp³-hybridized carbons (Fsp3) is 0.500. The minimum atomic E-state index is -0.805. The van der Waals surface area contributed by atoms with Crippen LogP contribution < -0.4 is 9.47 Å². The van der Waals surface area contributed by atoms with E-state index in [1.807, 2.05) is 0 Å². The van der Waals surface area contributed by atoms with Gasteiger partial charge >= 0.3 is 5.97 Å². The highest BCUT2D eigenvalue weighted by Gasteiger charge is 2.40. The number of esters is 1. The summed E-state index contributed by atoms with van der Waals surface area (Å²) in [5, 5.41) is 0. The van der Waals surface area contributed by atoms with Crippen molar-refractivity contribution in [3.63, 3.8) is 0 Å². The summed E-state index contributed by atoms with van der Waals surface area (Å²) in [5.41, 5.74) is 0.592. The lowest BCUT2D eigenvalue weighted by Crippen LogP contribution is -2.31. The smallest absolute Gasteiger partial charge is 0.317 e. The maximum Gasteiger partial charge on any atom is 0.317 e. The predicted octanol–water partition coefficient (Wildman–Crippen LogP) is 2.40.